The summed E-state index contributed by atoms with van der Waals surface area (Å²) in [5, 5.41) is 8.50. The van der Waals surface area contributed by atoms with Crippen LogP contribution in [0, 0.1) is 17.2 Å². The van der Waals surface area contributed by atoms with Gasteiger partial charge in [-0.2, -0.15) is 5.26 Å². The van der Waals surface area contributed by atoms with E-state index in [0.29, 0.717) is 0 Å². The van der Waals surface area contributed by atoms with Gasteiger partial charge in [-0.15, -0.1) is 0 Å². The highest BCUT2D eigenvalue weighted by molar-refractivity contribution is 4.92. The molecular formula is C8H11NO2. The predicted molar refractivity (Wildman–Crippen MR) is 39.1 cm³/mol. The summed E-state index contributed by atoms with van der Waals surface area (Å²) in [5.41, 5.74) is 0. The number of hydrogen-bond donors (Lipinski definition) is 0. The van der Waals surface area contributed by atoms with E-state index in [1.807, 2.05) is 19.9 Å². The highest BCUT2D eigenvalue weighted by Crippen LogP contribution is 2.31. The Kier molecular flexibility index (Phi) is 2.04. The molecule has 0 saturated heterocycles. The molecule has 3 nitrogen and oxygen atoms in total. The van der Waals surface area contributed by atoms with Crippen molar-refractivity contribution in [1.29, 1.82) is 5.26 Å². The lowest BCUT2D eigenvalue weighted by molar-refractivity contribution is -0.168. The van der Waals surface area contributed by atoms with Crippen LogP contribution in [0.5, 0.6) is 0 Å². The van der Waals surface area contributed by atoms with Gasteiger partial charge in [-0.3, -0.25) is 0 Å². The largest absolute Gasteiger partial charge is 0.455 e. The quantitative estimate of drug-likeness (QED) is 0.607. The maximum Gasteiger partial charge on any atom is 0.265 e. The van der Waals surface area contributed by atoms with E-state index in [4.69, 9.17) is 14.7 Å². The fourth-order valence-corrected chi connectivity index (χ4v) is 0.983. The van der Waals surface area contributed by atoms with Gasteiger partial charge in [0.2, 0.25) is 0 Å². The molecule has 3 heteroatoms. The first-order valence-electron chi connectivity index (χ1n) is 3.59. The molecule has 0 unspecified atom stereocenters. The molecule has 1 aliphatic heterocycles. The van der Waals surface area contributed by atoms with E-state index in [-0.39, 0.29) is 12.3 Å². The monoisotopic (exact) mass is 153 g/mol. The zero-order valence-corrected chi connectivity index (χ0v) is 6.70. The van der Waals surface area contributed by atoms with Crippen LogP contribution in [0.1, 0.15) is 20.3 Å². The predicted octanol–water partition coefficient (Wildman–Crippen LogP) is 1.77. The third kappa shape index (κ3) is 1.30. The van der Waals surface area contributed by atoms with Gasteiger partial charge in [0, 0.05) is 5.92 Å². The molecule has 0 aliphatic carbocycles. The van der Waals surface area contributed by atoms with Crippen LogP contribution in [0.3, 0.4) is 0 Å². The highest BCUT2D eigenvalue weighted by Gasteiger charge is 2.39. The van der Waals surface area contributed by atoms with Crippen LogP contribution in [-0.2, 0) is 9.47 Å². The van der Waals surface area contributed by atoms with Gasteiger partial charge in [-0.1, -0.05) is 13.8 Å². The molecule has 1 aliphatic rings. The molecule has 0 saturated carbocycles. The SMILES string of the molecule is CC(C)C1(CC#N)OC=CO1. The van der Waals surface area contributed by atoms with Crippen LogP contribution >= 0.6 is 0 Å². The van der Waals surface area contributed by atoms with Gasteiger partial charge >= 0.3 is 0 Å². The average Bonchev–Trinajstić information content (AvgIpc) is 2.38. The van der Waals surface area contributed by atoms with Crippen LogP contribution in [0.15, 0.2) is 12.5 Å². The molecule has 0 aromatic carbocycles. The normalized spacial score (nSPS) is 19.1. The summed E-state index contributed by atoms with van der Waals surface area (Å²) in [5.74, 6) is -0.550. The summed E-state index contributed by atoms with van der Waals surface area (Å²) in [6, 6.07) is 2.04. The van der Waals surface area contributed by atoms with E-state index in [1.165, 1.54) is 12.5 Å². The Morgan fingerprint density at radius 3 is 2.36 bits per heavy atom. The minimum atomic E-state index is -0.727. The third-order valence-corrected chi connectivity index (χ3v) is 1.80. The van der Waals surface area contributed by atoms with Gasteiger partial charge in [-0.05, 0) is 0 Å². The van der Waals surface area contributed by atoms with Crippen molar-refractivity contribution in [3.63, 3.8) is 0 Å². The summed E-state index contributed by atoms with van der Waals surface area (Å²) in [6.07, 6.45) is 3.23. The van der Waals surface area contributed by atoms with Gasteiger partial charge in [0.25, 0.3) is 5.79 Å². The molecule has 0 bridgehead atoms. The molecular weight excluding hydrogens is 142 g/mol. The Balaban J connectivity index is 2.66. The molecule has 0 aromatic rings. The summed E-state index contributed by atoms with van der Waals surface area (Å²) in [4.78, 5) is 0. The molecule has 1 rings (SSSR count). The molecule has 0 spiro atoms. The van der Waals surface area contributed by atoms with Crippen molar-refractivity contribution in [3.05, 3.63) is 12.5 Å². The van der Waals surface area contributed by atoms with Crippen molar-refractivity contribution in [2.45, 2.75) is 26.1 Å². The Bertz CT molecular complexity index is 195. The maximum absolute atomic E-state index is 8.50. The lowest BCUT2D eigenvalue weighted by atomic mass is 10.0. The smallest absolute Gasteiger partial charge is 0.265 e. The van der Waals surface area contributed by atoms with E-state index in [9.17, 15) is 0 Å². The van der Waals surface area contributed by atoms with Crippen molar-refractivity contribution < 1.29 is 9.47 Å². The molecule has 0 N–H and O–H groups in total. The number of hydrogen-bond acceptors (Lipinski definition) is 3. The first kappa shape index (κ1) is 7.93. The molecule has 0 amide bonds. The van der Waals surface area contributed by atoms with Gasteiger partial charge in [0.05, 0.1) is 6.07 Å². The van der Waals surface area contributed by atoms with Crippen molar-refractivity contribution in [2.75, 3.05) is 0 Å². The van der Waals surface area contributed by atoms with Crippen molar-refractivity contribution in [3.8, 4) is 6.07 Å². The summed E-state index contributed by atoms with van der Waals surface area (Å²) >= 11 is 0. The molecule has 0 radical (unpaired) electrons. The van der Waals surface area contributed by atoms with Gasteiger partial charge < -0.3 is 9.47 Å². The zero-order valence-electron chi connectivity index (χ0n) is 6.70. The van der Waals surface area contributed by atoms with Gasteiger partial charge in [0.15, 0.2) is 0 Å². The Morgan fingerprint density at radius 2 is 2.00 bits per heavy atom. The second-order valence-electron chi connectivity index (χ2n) is 2.81. The van der Waals surface area contributed by atoms with E-state index < -0.39 is 5.79 Å². The third-order valence-electron chi connectivity index (χ3n) is 1.80. The lowest BCUT2D eigenvalue weighted by Crippen LogP contribution is -2.35. The molecule has 0 atom stereocenters. The fraction of sp³-hybridized carbons (Fsp3) is 0.625. The Labute approximate surface area is 66.2 Å². The molecule has 0 aromatic heterocycles. The number of rotatable bonds is 2. The van der Waals surface area contributed by atoms with Crippen molar-refractivity contribution >= 4 is 0 Å². The van der Waals surface area contributed by atoms with E-state index >= 15 is 0 Å². The summed E-state index contributed by atoms with van der Waals surface area (Å²) in [7, 11) is 0. The van der Waals surface area contributed by atoms with E-state index in [2.05, 4.69) is 0 Å². The van der Waals surface area contributed by atoms with Gasteiger partial charge in [-0.25, -0.2) is 0 Å². The van der Waals surface area contributed by atoms with Crippen LogP contribution < -0.4 is 0 Å². The molecule has 60 valence electrons. The highest BCUT2D eigenvalue weighted by atomic mass is 16.7. The van der Waals surface area contributed by atoms with Crippen LogP contribution in [0.4, 0.5) is 0 Å². The second-order valence-corrected chi connectivity index (χ2v) is 2.81. The minimum Gasteiger partial charge on any atom is -0.455 e. The second kappa shape index (κ2) is 2.83. The van der Waals surface area contributed by atoms with E-state index in [0.717, 1.165) is 0 Å². The fourth-order valence-electron chi connectivity index (χ4n) is 0.983. The molecule has 1 heterocycles. The number of nitrogens with zero attached hydrogens (tertiary/aromatic N) is 1. The topological polar surface area (TPSA) is 42.2 Å². The van der Waals surface area contributed by atoms with E-state index in [1.54, 1.807) is 0 Å². The summed E-state index contributed by atoms with van der Waals surface area (Å²) < 4.78 is 10.4. The Morgan fingerprint density at radius 1 is 1.45 bits per heavy atom. The lowest BCUT2D eigenvalue weighted by Gasteiger charge is -2.28. The minimum absolute atomic E-state index is 0.178. The Hall–Kier alpha value is -1.17. The van der Waals surface area contributed by atoms with Crippen molar-refractivity contribution in [1.82, 2.24) is 0 Å². The number of nitriles is 1. The van der Waals surface area contributed by atoms with Gasteiger partial charge in [0.1, 0.15) is 18.9 Å². The summed E-state index contributed by atoms with van der Waals surface area (Å²) in [6.45, 7) is 3.93. The van der Waals surface area contributed by atoms with Crippen molar-refractivity contribution in [2.24, 2.45) is 5.92 Å². The first-order valence-corrected chi connectivity index (χ1v) is 3.59. The van der Waals surface area contributed by atoms with Crippen LogP contribution in [0.2, 0.25) is 0 Å². The first-order chi connectivity index (χ1) is 5.21. The zero-order chi connectivity index (χ0) is 8.32. The van der Waals surface area contributed by atoms with Crippen LogP contribution in [0.25, 0.3) is 0 Å². The van der Waals surface area contributed by atoms with Crippen LogP contribution in [-0.4, -0.2) is 5.79 Å². The molecule has 11 heavy (non-hydrogen) atoms. The maximum atomic E-state index is 8.50. The molecule has 0 fully saturated rings. The average molecular weight is 153 g/mol. The number of ether oxygens (including phenoxy) is 2. The standard InChI is InChI=1S/C8H11NO2/c1-7(2)8(3-4-9)10-5-6-11-8/h5-7H,3H2,1-2H3.